The van der Waals surface area contributed by atoms with Gasteiger partial charge in [-0.1, -0.05) is 0 Å². The van der Waals surface area contributed by atoms with Gasteiger partial charge in [0.15, 0.2) is 0 Å². The Kier molecular flexibility index (Phi) is 4.49. The van der Waals surface area contributed by atoms with Crippen molar-refractivity contribution >= 4 is 0 Å². The minimum absolute atomic E-state index is 0.0959. The van der Waals surface area contributed by atoms with Crippen molar-refractivity contribution in [3.05, 3.63) is 35.9 Å². The Hall–Kier alpha value is 0.466. The fraction of sp³-hybridized carbons (Fsp3) is 0.333. The fourth-order valence-electron chi connectivity index (χ4n) is 0.723. The van der Waals surface area contributed by atoms with E-state index in [9.17, 15) is 0 Å². The van der Waals surface area contributed by atoms with E-state index in [1.54, 1.807) is 0 Å². The van der Waals surface area contributed by atoms with Crippen molar-refractivity contribution in [1.29, 1.82) is 0 Å². The predicted molar refractivity (Wildman–Crippen MR) is 43.8 cm³/mol. The van der Waals surface area contributed by atoms with Gasteiger partial charge >= 0.3 is 88.7 Å². The number of hydrogen-bond donors (Lipinski definition) is 0. The second-order valence-corrected chi connectivity index (χ2v) is 5.80. The van der Waals surface area contributed by atoms with Crippen LogP contribution in [0.2, 0.25) is 0 Å². The molecule has 0 aliphatic carbocycles. The predicted octanol–water partition coefficient (Wildman–Crippen LogP) is 1.75. The molecular weight excluding hydrogens is 281 g/mol. The molecule has 0 N–H and O–H groups in total. The Bertz CT molecular complexity index is 196. The van der Waals surface area contributed by atoms with Crippen LogP contribution < -0.4 is 0 Å². The van der Waals surface area contributed by atoms with Crippen LogP contribution in [0.15, 0.2) is 30.3 Å². The summed E-state index contributed by atoms with van der Waals surface area (Å²) < 4.78 is 3.60. The van der Waals surface area contributed by atoms with Crippen LogP contribution in [0.4, 0.5) is 0 Å². The van der Waals surface area contributed by atoms with Gasteiger partial charge in [-0.05, 0) is 0 Å². The van der Waals surface area contributed by atoms with E-state index in [1.165, 1.54) is 7.96 Å². The second-order valence-electron chi connectivity index (χ2n) is 2.45. The van der Waals surface area contributed by atoms with Crippen molar-refractivity contribution in [2.24, 2.45) is 0 Å². The number of benzene rings is 1. The van der Waals surface area contributed by atoms with Crippen molar-refractivity contribution < 1.29 is 35.0 Å². The molecule has 0 amide bonds. The molecule has 0 bridgehead atoms. The van der Waals surface area contributed by atoms with Crippen LogP contribution in [0.3, 0.4) is 0 Å². The van der Waals surface area contributed by atoms with Crippen LogP contribution in [0, 0.1) is 35.0 Å². The zero-order valence-corrected chi connectivity index (χ0v) is 9.01. The van der Waals surface area contributed by atoms with Crippen LogP contribution in [0.5, 0.6) is 0 Å². The third-order valence-electron chi connectivity index (χ3n) is 1.24. The summed E-state index contributed by atoms with van der Waals surface area (Å²) in [7, 11) is 4.31. The molecule has 0 aromatic heterocycles. The molecule has 2 heteroatoms. The van der Waals surface area contributed by atoms with E-state index in [4.69, 9.17) is 0 Å². The van der Waals surface area contributed by atoms with Gasteiger partial charge in [-0.25, -0.2) is 0 Å². The van der Waals surface area contributed by atoms with E-state index in [1.807, 2.05) is 0 Å². The zero-order chi connectivity index (χ0) is 8.10. The van der Waals surface area contributed by atoms with Crippen LogP contribution in [0.1, 0.15) is 5.56 Å². The van der Waals surface area contributed by atoms with Gasteiger partial charge in [0.05, 0.1) is 0 Å². The Labute approximate surface area is 87.9 Å². The Morgan fingerprint density at radius 2 is 1.82 bits per heavy atom. The van der Waals surface area contributed by atoms with Gasteiger partial charge in [-0.3, -0.25) is 0 Å². The van der Waals surface area contributed by atoms with Gasteiger partial charge in [0, 0.05) is 0 Å². The van der Waals surface area contributed by atoms with Crippen LogP contribution in [-0.2, 0) is 2.39 Å². The van der Waals surface area contributed by atoms with Crippen molar-refractivity contribution in [2.75, 3.05) is 14.1 Å². The average molecular weight is 294 g/mol. The Balaban J connectivity index is 2.39. The molecule has 1 aromatic rings. The maximum absolute atomic E-state index is 2.33. The monoisotopic (exact) mass is 294 g/mol. The van der Waals surface area contributed by atoms with E-state index in [2.05, 4.69) is 45.7 Å². The molecule has 0 aliphatic heterocycles. The first-order valence-corrected chi connectivity index (χ1v) is 6.01. The first kappa shape index (κ1) is 9.55. The number of rotatable bonds is 3. The maximum atomic E-state index is 2.33. The van der Waals surface area contributed by atoms with Crippen molar-refractivity contribution in [3.63, 3.8) is 0 Å². The van der Waals surface area contributed by atoms with Gasteiger partial charge in [-0.2, -0.15) is 0 Å². The van der Waals surface area contributed by atoms with Crippen molar-refractivity contribution in [3.8, 4) is 0 Å². The third-order valence-corrected chi connectivity index (χ3v) is 3.81. The first-order valence-electron chi connectivity index (χ1n) is 3.54. The molecule has 0 fully saturated rings. The van der Waals surface area contributed by atoms with E-state index in [0.717, 1.165) is 0 Å². The summed E-state index contributed by atoms with van der Waals surface area (Å²) in [6.45, 7) is 0. The second kappa shape index (κ2) is 5.17. The van der Waals surface area contributed by atoms with Gasteiger partial charge in [-0.15, -0.1) is 0 Å². The van der Waals surface area contributed by atoms with E-state index in [0.29, 0.717) is 0 Å². The molecule has 0 aliphatic rings. The van der Waals surface area contributed by atoms with E-state index < -0.39 is 0 Å². The average Bonchev–Trinajstić information content (AvgIpc) is 2.03. The van der Waals surface area contributed by atoms with Gasteiger partial charge in [0.2, 0.25) is 0 Å². The van der Waals surface area contributed by atoms with Crippen LogP contribution in [0.25, 0.3) is 0 Å². The Morgan fingerprint density at radius 3 is 2.36 bits per heavy atom. The van der Waals surface area contributed by atoms with Gasteiger partial charge in [0.25, 0.3) is 0 Å². The molecule has 0 radical (unpaired) electrons. The molecule has 0 saturated heterocycles. The molecule has 0 atom stereocenters. The molecule has 0 spiro atoms. The molecule has 1 rings (SSSR count). The quantitative estimate of drug-likeness (QED) is 0.821. The first-order chi connectivity index (χ1) is 5.29. The minimum atomic E-state index is 0.0959. The van der Waals surface area contributed by atoms with Gasteiger partial charge < -0.3 is 0 Å². The molecule has 63 valence electrons. The summed E-state index contributed by atoms with van der Waals surface area (Å²) >= 11 is 0.0959. The molecule has 0 heterocycles. The standard InChI is InChI=1S/C7H7.C2H6N.Tb/c1-7-5-3-2-4-6-7;1-3-2;/h2-6H,1H2;1-2H3;/q;-1;+1. The SMILES string of the molecule is C[N](C)[Tb][CH2]c1ccccc1. The molecule has 1 nitrogen and oxygen atoms in total. The number of nitrogens with zero attached hydrogens (tertiary/aromatic N) is 1. The third kappa shape index (κ3) is 4.14. The van der Waals surface area contributed by atoms with Crippen LogP contribution >= 0.6 is 0 Å². The van der Waals surface area contributed by atoms with E-state index in [-0.39, 0.29) is 35.0 Å². The fourth-order valence-corrected chi connectivity index (χ4v) is 2.29. The summed E-state index contributed by atoms with van der Waals surface area (Å²) in [5, 5.41) is 0. The molecule has 0 unspecified atom stereocenters. The van der Waals surface area contributed by atoms with Gasteiger partial charge in [0.1, 0.15) is 0 Å². The molecule has 0 saturated carbocycles. The number of hydrogen-bond acceptors (Lipinski definition) is 1. The Morgan fingerprint density at radius 1 is 1.18 bits per heavy atom. The summed E-state index contributed by atoms with van der Waals surface area (Å²) in [5.74, 6) is 0. The normalized spacial score (nSPS) is 10.8. The van der Waals surface area contributed by atoms with Crippen molar-refractivity contribution in [1.82, 2.24) is 1.27 Å². The summed E-state index contributed by atoms with van der Waals surface area (Å²) in [6, 6.07) is 10.7. The molecular formula is C9H13NTb. The molecule has 1 aromatic carbocycles. The zero-order valence-electron chi connectivity index (χ0n) is 6.87. The summed E-state index contributed by atoms with van der Waals surface area (Å²) in [5.41, 5.74) is 1.47. The molecule has 11 heavy (non-hydrogen) atoms. The van der Waals surface area contributed by atoms with E-state index >= 15 is 0 Å². The van der Waals surface area contributed by atoms with Crippen molar-refractivity contribution in [2.45, 2.75) is 2.39 Å². The summed E-state index contributed by atoms with van der Waals surface area (Å²) in [6.07, 6.45) is 0. The topological polar surface area (TPSA) is 3.24 Å². The van der Waals surface area contributed by atoms with Crippen LogP contribution in [-0.4, -0.2) is 15.4 Å². The summed E-state index contributed by atoms with van der Waals surface area (Å²) in [4.78, 5) is 0.